The number of rotatable bonds is 6. The van der Waals surface area contributed by atoms with Gasteiger partial charge >= 0.3 is 0 Å². The molecule has 1 aliphatic rings. The number of hydrogen-bond donors (Lipinski definition) is 0. The predicted octanol–water partition coefficient (Wildman–Crippen LogP) is 3.20. The zero-order valence-electron chi connectivity index (χ0n) is 15.3. The Morgan fingerprint density at radius 3 is 2.62 bits per heavy atom. The maximum absolute atomic E-state index is 12.0. The molecule has 138 valence electrons. The van der Waals surface area contributed by atoms with Gasteiger partial charge in [-0.1, -0.05) is 12.1 Å². The third-order valence-corrected chi connectivity index (χ3v) is 5.74. The highest BCUT2D eigenvalue weighted by Crippen LogP contribution is 2.32. The Kier molecular flexibility index (Phi) is 5.05. The number of carbonyl (C=O) groups is 1. The molecule has 0 radical (unpaired) electrons. The van der Waals surface area contributed by atoms with E-state index in [4.69, 9.17) is 4.74 Å². The molecule has 5 nitrogen and oxygen atoms in total. The number of sulfonamides is 1. The van der Waals surface area contributed by atoms with Gasteiger partial charge in [-0.25, -0.2) is 8.42 Å². The molecule has 0 atom stereocenters. The van der Waals surface area contributed by atoms with Gasteiger partial charge in [0.05, 0.1) is 18.6 Å². The highest BCUT2D eigenvalue weighted by atomic mass is 32.2. The summed E-state index contributed by atoms with van der Waals surface area (Å²) in [6, 6.07) is 11.4. The molecule has 1 aliphatic heterocycles. The van der Waals surface area contributed by atoms with E-state index in [9.17, 15) is 13.2 Å². The minimum absolute atomic E-state index is 0.00602. The highest BCUT2D eigenvalue weighted by molar-refractivity contribution is 7.92. The summed E-state index contributed by atoms with van der Waals surface area (Å²) in [6.45, 7) is 4.49. The van der Waals surface area contributed by atoms with Crippen LogP contribution >= 0.6 is 0 Å². The van der Waals surface area contributed by atoms with E-state index in [1.807, 2.05) is 37.3 Å². The predicted molar refractivity (Wildman–Crippen MR) is 103 cm³/mol. The van der Waals surface area contributed by atoms with Crippen LogP contribution in [0, 0.1) is 0 Å². The lowest BCUT2D eigenvalue weighted by molar-refractivity contribution is 0.101. The van der Waals surface area contributed by atoms with Crippen molar-refractivity contribution in [1.29, 1.82) is 0 Å². The molecule has 0 aliphatic carbocycles. The molecule has 0 saturated heterocycles. The molecule has 0 aromatic heterocycles. The monoisotopic (exact) mass is 373 g/mol. The average Bonchev–Trinajstić information content (AvgIpc) is 3.00. The van der Waals surface area contributed by atoms with E-state index in [1.54, 1.807) is 13.0 Å². The second-order valence-electron chi connectivity index (χ2n) is 6.54. The van der Waals surface area contributed by atoms with Gasteiger partial charge in [-0.05, 0) is 61.2 Å². The number of benzene rings is 2. The third-order valence-electron chi connectivity index (χ3n) is 4.56. The Morgan fingerprint density at radius 2 is 1.96 bits per heavy atom. The lowest BCUT2D eigenvalue weighted by atomic mass is 9.99. The Hall–Kier alpha value is -2.34. The molecule has 2 aromatic carbocycles. The maximum Gasteiger partial charge on any atom is 0.232 e. The van der Waals surface area contributed by atoms with Gasteiger partial charge in [-0.3, -0.25) is 9.10 Å². The molecule has 0 saturated carbocycles. The summed E-state index contributed by atoms with van der Waals surface area (Å²) in [5.74, 6) is 0.754. The summed E-state index contributed by atoms with van der Waals surface area (Å²) < 4.78 is 31.1. The van der Waals surface area contributed by atoms with Gasteiger partial charge in [0.2, 0.25) is 10.0 Å². The van der Waals surface area contributed by atoms with E-state index < -0.39 is 10.0 Å². The fraction of sp³-hybridized carbons (Fsp3) is 0.350. The van der Waals surface area contributed by atoms with Crippen LogP contribution in [0.4, 0.5) is 5.69 Å². The number of Topliss-reactive ketones (excluding diaryl/α,β-unsaturated/α-hetero) is 1. The normalized spacial score (nSPS) is 13.6. The van der Waals surface area contributed by atoms with Gasteiger partial charge in [0, 0.05) is 18.5 Å². The van der Waals surface area contributed by atoms with E-state index in [0.717, 1.165) is 34.5 Å². The first-order chi connectivity index (χ1) is 12.3. The maximum atomic E-state index is 12.0. The summed E-state index contributed by atoms with van der Waals surface area (Å²) in [4.78, 5) is 11.7. The molecular weight excluding hydrogens is 350 g/mol. The van der Waals surface area contributed by atoms with Gasteiger partial charge in [-0.2, -0.15) is 0 Å². The molecule has 0 fully saturated rings. The molecule has 0 bridgehead atoms. The van der Waals surface area contributed by atoms with Gasteiger partial charge in [0.25, 0.3) is 0 Å². The van der Waals surface area contributed by atoms with E-state index in [-0.39, 0.29) is 5.78 Å². The topological polar surface area (TPSA) is 63.7 Å². The van der Waals surface area contributed by atoms with Crippen molar-refractivity contribution in [2.24, 2.45) is 0 Å². The van der Waals surface area contributed by atoms with Crippen LogP contribution in [-0.4, -0.2) is 33.6 Å². The highest BCUT2D eigenvalue weighted by Gasteiger charge is 2.26. The number of fused-ring (bicyclic) bond motifs is 1. The second-order valence-corrected chi connectivity index (χ2v) is 8.44. The van der Waals surface area contributed by atoms with Gasteiger partial charge < -0.3 is 4.74 Å². The van der Waals surface area contributed by atoms with Crippen molar-refractivity contribution in [2.75, 3.05) is 23.7 Å². The fourth-order valence-electron chi connectivity index (χ4n) is 3.30. The van der Waals surface area contributed by atoms with Crippen molar-refractivity contribution in [1.82, 2.24) is 0 Å². The number of nitrogens with zero attached hydrogens (tertiary/aromatic N) is 1. The van der Waals surface area contributed by atoms with Crippen LogP contribution in [0.2, 0.25) is 0 Å². The molecule has 26 heavy (non-hydrogen) atoms. The molecule has 3 rings (SSSR count). The minimum atomic E-state index is -3.28. The zero-order valence-corrected chi connectivity index (χ0v) is 16.1. The molecule has 0 spiro atoms. The smallest absolute Gasteiger partial charge is 0.232 e. The average molecular weight is 373 g/mol. The first kappa shape index (κ1) is 18.5. The van der Waals surface area contributed by atoms with E-state index in [2.05, 4.69) is 0 Å². The SMILES string of the molecule is CCOc1ccc(C(C)=O)cc1Cc1ccc2c(c1)N(S(C)(=O)=O)CC2. The van der Waals surface area contributed by atoms with Crippen LogP contribution in [0.15, 0.2) is 36.4 Å². The number of anilines is 1. The van der Waals surface area contributed by atoms with Gasteiger partial charge in [0.15, 0.2) is 5.78 Å². The van der Waals surface area contributed by atoms with Crippen LogP contribution in [0.5, 0.6) is 5.75 Å². The number of carbonyl (C=O) groups excluding carboxylic acids is 1. The molecule has 0 amide bonds. The van der Waals surface area contributed by atoms with E-state index in [0.29, 0.717) is 25.1 Å². The van der Waals surface area contributed by atoms with Crippen molar-refractivity contribution in [2.45, 2.75) is 26.7 Å². The fourth-order valence-corrected chi connectivity index (χ4v) is 4.25. The van der Waals surface area contributed by atoms with Crippen LogP contribution in [0.3, 0.4) is 0 Å². The standard InChI is InChI=1S/C20H23NO4S/c1-4-25-20-8-7-17(14(2)22)13-18(20)11-15-5-6-16-9-10-21(19(16)12-15)26(3,23)24/h5-8,12-13H,4,9-11H2,1-3H3. The van der Waals surface area contributed by atoms with Crippen molar-refractivity contribution < 1.29 is 17.9 Å². The summed E-state index contributed by atoms with van der Waals surface area (Å²) in [5, 5.41) is 0. The van der Waals surface area contributed by atoms with Crippen molar-refractivity contribution in [3.63, 3.8) is 0 Å². The first-order valence-corrected chi connectivity index (χ1v) is 10.5. The van der Waals surface area contributed by atoms with Crippen molar-refractivity contribution in [3.05, 3.63) is 58.7 Å². The Balaban J connectivity index is 1.97. The minimum Gasteiger partial charge on any atom is -0.494 e. The first-order valence-electron chi connectivity index (χ1n) is 8.65. The molecule has 1 heterocycles. The van der Waals surface area contributed by atoms with Gasteiger partial charge in [0.1, 0.15) is 5.75 Å². The van der Waals surface area contributed by atoms with Crippen molar-refractivity contribution in [3.8, 4) is 5.75 Å². The van der Waals surface area contributed by atoms with Crippen molar-refractivity contribution >= 4 is 21.5 Å². The largest absolute Gasteiger partial charge is 0.494 e. The summed E-state index contributed by atoms with van der Waals surface area (Å²) in [6.07, 6.45) is 2.53. The molecular formula is C20H23NO4S. The number of ketones is 1. The van der Waals surface area contributed by atoms with Crippen LogP contribution in [-0.2, 0) is 22.9 Å². The summed E-state index contributed by atoms with van der Waals surface area (Å²) in [5.41, 5.74) is 4.35. The van der Waals surface area contributed by atoms with Crippen LogP contribution in [0.25, 0.3) is 0 Å². The quantitative estimate of drug-likeness (QED) is 0.730. The lowest BCUT2D eigenvalue weighted by Crippen LogP contribution is -2.27. The molecule has 0 N–H and O–H groups in total. The Morgan fingerprint density at radius 1 is 1.19 bits per heavy atom. The zero-order chi connectivity index (χ0) is 18.9. The molecule has 6 heteroatoms. The van der Waals surface area contributed by atoms with E-state index >= 15 is 0 Å². The number of hydrogen-bond acceptors (Lipinski definition) is 4. The summed E-state index contributed by atoms with van der Waals surface area (Å²) >= 11 is 0. The van der Waals surface area contributed by atoms with E-state index in [1.165, 1.54) is 10.6 Å². The van der Waals surface area contributed by atoms with Gasteiger partial charge in [-0.15, -0.1) is 0 Å². The second kappa shape index (κ2) is 7.11. The Labute approximate surface area is 154 Å². The Bertz CT molecular complexity index is 950. The summed E-state index contributed by atoms with van der Waals surface area (Å²) in [7, 11) is -3.28. The van der Waals surface area contributed by atoms with Crippen LogP contribution in [0.1, 0.15) is 40.9 Å². The molecule has 0 unspecified atom stereocenters. The number of ether oxygens (including phenoxy) is 1. The van der Waals surface area contributed by atoms with Crippen LogP contribution < -0.4 is 9.04 Å². The third kappa shape index (κ3) is 3.75. The lowest BCUT2D eigenvalue weighted by Gasteiger charge is -2.17. The molecule has 2 aromatic rings.